The number of anilines is 1. The predicted octanol–water partition coefficient (Wildman–Crippen LogP) is 2.84. The Kier molecular flexibility index (Phi) is 5.27. The van der Waals surface area contributed by atoms with Gasteiger partial charge in [-0.25, -0.2) is 0 Å². The van der Waals surface area contributed by atoms with Gasteiger partial charge in [-0.1, -0.05) is 6.07 Å². The molecule has 126 valence electrons. The van der Waals surface area contributed by atoms with Crippen molar-refractivity contribution in [1.29, 1.82) is 0 Å². The predicted molar refractivity (Wildman–Crippen MR) is 94.4 cm³/mol. The van der Waals surface area contributed by atoms with Gasteiger partial charge >= 0.3 is 0 Å². The number of thiophene rings is 1. The van der Waals surface area contributed by atoms with E-state index in [1.807, 2.05) is 11.4 Å². The first-order valence-corrected chi connectivity index (χ1v) is 8.90. The Hall–Kier alpha value is -2.18. The molecular formula is C18H20N2O3S. The van der Waals surface area contributed by atoms with Gasteiger partial charge in [0, 0.05) is 30.9 Å². The summed E-state index contributed by atoms with van der Waals surface area (Å²) in [6, 6.07) is 10.5. The number of aliphatic hydroxyl groups excluding tert-OH is 1. The highest BCUT2D eigenvalue weighted by molar-refractivity contribution is 7.12. The number of rotatable bonds is 4. The summed E-state index contributed by atoms with van der Waals surface area (Å²) >= 11 is 1.39. The molecule has 3 rings (SSSR count). The number of carbonyl (C=O) groups is 2. The summed E-state index contributed by atoms with van der Waals surface area (Å²) in [6.45, 7) is 1.45. The maximum absolute atomic E-state index is 12.5. The van der Waals surface area contributed by atoms with Gasteiger partial charge in [-0.2, -0.15) is 0 Å². The van der Waals surface area contributed by atoms with Crippen LogP contribution in [0, 0.1) is 5.92 Å². The number of likely N-dealkylation sites (tertiary alicyclic amines) is 1. The second-order valence-electron chi connectivity index (χ2n) is 5.95. The molecule has 2 heterocycles. The highest BCUT2D eigenvalue weighted by Crippen LogP contribution is 2.19. The van der Waals surface area contributed by atoms with Crippen molar-refractivity contribution in [2.45, 2.75) is 12.8 Å². The molecule has 1 fully saturated rings. The van der Waals surface area contributed by atoms with Crippen molar-refractivity contribution in [3.8, 4) is 0 Å². The highest BCUT2D eigenvalue weighted by atomic mass is 32.1. The lowest BCUT2D eigenvalue weighted by molar-refractivity contribution is 0.0620. The first kappa shape index (κ1) is 16.7. The van der Waals surface area contributed by atoms with Crippen molar-refractivity contribution in [3.05, 3.63) is 52.2 Å². The van der Waals surface area contributed by atoms with Crippen molar-refractivity contribution < 1.29 is 14.7 Å². The lowest BCUT2D eigenvalue weighted by atomic mass is 9.98. The summed E-state index contributed by atoms with van der Waals surface area (Å²) in [5.41, 5.74) is 1.26. The Morgan fingerprint density at radius 1 is 1.25 bits per heavy atom. The number of hydrogen-bond donors (Lipinski definition) is 2. The molecule has 1 aromatic heterocycles. The van der Waals surface area contributed by atoms with Crippen LogP contribution in [-0.4, -0.2) is 41.5 Å². The molecule has 2 amide bonds. The second kappa shape index (κ2) is 7.59. The van der Waals surface area contributed by atoms with Crippen LogP contribution in [0.3, 0.4) is 0 Å². The monoisotopic (exact) mass is 344 g/mol. The quantitative estimate of drug-likeness (QED) is 0.896. The Morgan fingerprint density at radius 2 is 2.04 bits per heavy atom. The molecule has 1 aliphatic rings. The molecule has 5 nitrogen and oxygen atoms in total. The average molecular weight is 344 g/mol. The van der Waals surface area contributed by atoms with E-state index in [2.05, 4.69) is 5.32 Å². The zero-order valence-electron chi connectivity index (χ0n) is 13.3. The number of nitrogens with one attached hydrogen (secondary N) is 1. The first-order chi connectivity index (χ1) is 11.7. The Bertz CT molecular complexity index is 698. The molecule has 2 N–H and O–H groups in total. The molecular weight excluding hydrogens is 324 g/mol. The van der Waals surface area contributed by atoms with Crippen LogP contribution in [0.2, 0.25) is 0 Å². The van der Waals surface area contributed by atoms with Gasteiger partial charge < -0.3 is 15.3 Å². The van der Waals surface area contributed by atoms with Crippen LogP contribution in [0.4, 0.5) is 5.69 Å². The maximum atomic E-state index is 12.5. The fourth-order valence-corrected chi connectivity index (χ4v) is 3.50. The van der Waals surface area contributed by atoms with Crippen molar-refractivity contribution in [1.82, 2.24) is 4.90 Å². The molecule has 0 aliphatic carbocycles. The summed E-state index contributed by atoms with van der Waals surface area (Å²) in [5, 5.41) is 14.0. The van der Waals surface area contributed by atoms with Gasteiger partial charge in [-0.05, 0) is 54.5 Å². The van der Waals surface area contributed by atoms with E-state index in [9.17, 15) is 14.7 Å². The van der Waals surface area contributed by atoms with Crippen LogP contribution in [0.5, 0.6) is 0 Å². The zero-order valence-corrected chi connectivity index (χ0v) is 14.1. The summed E-state index contributed by atoms with van der Waals surface area (Å²) in [6.07, 6.45) is 1.89. The van der Waals surface area contributed by atoms with E-state index in [1.54, 1.807) is 35.2 Å². The van der Waals surface area contributed by atoms with Gasteiger partial charge in [0.25, 0.3) is 11.8 Å². The number of nitrogens with zero attached hydrogens (tertiary/aromatic N) is 1. The van der Waals surface area contributed by atoms with E-state index in [-0.39, 0.29) is 24.3 Å². The van der Waals surface area contributed by atoms with Crippen LogP contribution < -0.4 is 5.32 Å². The summed E-state index contributed by atoms with van der Waals surface area (Å²) in [7, 11) is 0. The molecule has 24 heavy (non-hydrogen) atoms. The second-order valence-corrected chi connectivity index (χ2v) is 6.90. The van der Waals surface area contributed by atoms with Gasteiger partial charge in [0.1, 0.15) is 0 Å². The molecule has 0 spiro atoms. The molecule has 0 radical (unpaired) electrons. The van der Waals surface area contributed by atoms with Crippen molar-refractivity contribution in [2.24, 2.45) is 5.92 Å². The number of amides is 2. The van der Waals surface area contributed by atoms with E-state index in [0.717, 1.165) is 19.4 Å². The highest BCUT2D eigenvalue weighted by Gasteiger charge is 2.23. The molecule has 1 saturated heterocycles. The lowest BCUT2D eigenvalue weighted by Crippen LogP contribution is -2.40. The Labute approximate surface area is 144 Å². The number of aliphatic hydroxyl groups is 1. The third-order valence-electron chi connectivity index (χ3n) is 4.20. The van der Waals surface area contributed by atoms with E-state index < -0.39 is 0 Å². The summed E-state index contributed by atoms with van der Waals surface area (Å²) in [4.78, 5) is 27.0. The smallest absolute Gasteiger partial charge is 0.265 e. The number of benzene rings is 1. The van der Waals surface area contributed by atoms with E-state index in [4.69, 9.17) is 0 Å². The molecule has 2 aromatic rings. The summed E-state index contributed by atoms with van der Waals surface area (Å²) < 4.78 is 0. The third-order valence-corrected chi connectivity index (χ3v) is 5.07. The lowest BCUT2D eigenvalue weighted by Gasteiger charge is -2.31. The maximum Gasteiger partial charge on any atom is 0.265 e. The van der Waals surface area contributed by atoms with E-state index in [1.165, 1.54) is 11.3 Å². The van der Waals surface area contributed by atoms with E-state index in [0.29, 0.717) is 22.7 Å². The van der Waals surface area contributed by atoms with Crippen LogP contribution >= 0.6 is 11.3 Å². The van der Waals surface area contributed by atoms with Crippen LogP contribution in [0.1, 0.15) is 32.9 Å². The molecule has 6 heteroatoms. The van der Waals surface area contributed by atoms with Crippen molar-refractivity contribution >= 4 is 28.8 Å². The molecule has 0 saturated carbocycles. The number of piperidine rings is 1. The molecule has 1 unspecified atom stereocenters. The number of hydrogen-bond acceptors (Lipinski definition) is 4. The molecule has 1 atom stereocenters. The molecule has 1 aromatic carbocycles. The fraction of sp³-hybridized carbons (Fsp3) is 0.333. The van der Waals surface area contributed by atoms with Gasteiger partial charge in [0.15, 0.2) is 0 Å². The van der Waals surface area contributed by atoms with Crippen molar-refractivity contribution in [3.63, 3.8) is 0 Å². The van der Waals surface area contributed by atoms with Gasteiger partial charge in [-0.3, -0.25) is 9.59 Å². The van der Waals surface area contributed by atoms with Crippen LogP contribution in [0.15, 0.2) is 41.8 Å². The third kappa shape index (κ3) is 3.83. The first-order valence-electron chi connectivity index (χ1n) is 8.02. The Morgan fingerprint density at radius 3 is 2.71 bits per heavy atom. The van der Waals surface area contributed by atoms with Gasteiger partial charge in [0.2, 0.25) is 0 Å². The molecule has 0 bridgehead atoms. The minimum atomic E-state index is -0.147. The number of carbonyl (C=O) groups excluding carboxylic acids is 2. The van der Waals surface area contributed by atoms with Crippen LogP contribution in [-0.2, 0) is 0 Å². The molecule has 1 aliphatic heterocycles. The average Bonchev–Trinajstić information content (AvgIpc) is 3.16. The van der Waals surface area contributed by atoms with E-state index >= 15 is 0 Å². The zero-order chi connectivity index (χ0) is 16.9. The standard InChI is InChI=1S/C18H20N2O3S/c21-12-13-3-1-9-20(11-13)18(23)14-5-7-15(8-6-14)19-17(22)16-4-2-10-24-16/h2,4-8,10,13,21H,1,3,9,11-12H2,(H,19,22). The largest absolute Gasteiger partial charge is 0.396 e. The topological polar surface area (TPSA) is 69.6 Å². The fourth-order valence-electron chi connectivity index (χ4n) is 2.88. The van der Waals surface area contributed by atoms with Gasteiger partial charge in [-0.15, -0.1) is 11.3 Å². The normalized spacial score (nSPS) is 17.5. The Balaban J connectivity index is 1.63. The summed E-state index contributed by atoms with van der Waals surface area (Å²) in [5.74, 6) is 0.00207. The minimum Gasteiger partial charge on any atom is -0.396 e. The SMILES string of the molecule is O=C(Nc1ccc(C(=O)N2CCCC(CO)C2)cc1)c1cccs1. The van der Waals surface area contributed by atoms with Crippen molar-refractivity contribution in [2.75, 3.05) is 25.0 Å². The van der Waals surface area contributed by atoms with Crippen LogP contribution in [0.25, 0.3) is 0 Å². The van der Waals surface area contributed by atoms with Gasteiger partial charge in [0.05, 0.1) is 4.88 Å². The minimum absolute atomic E-state index is 0.0238.